The first-order valence-corrected chi connectivity index (χ1v) is 24.0. The summed E-state index contributed by atoms with van der Waals surface area (Å²) in [6, 6.07) is 40.8. The van der Waals surface area contributed by atoms with Gasteiger partial charge in [0.25, 0.3) is 0 Å². The Morgan fingerprint density at radius 1 is 0.667 bits per heavy atom. The Labute approximate surface area is 237 Å². The molecule has 4 aromatic carbocycles. The maximum Gasteiger partial charge on any atom is -1.00 e. The van der Waals surface area contributed by atoms with E-state index in [1.807, 2.05) is 0 Å². The van der Waals surface area contributed by atoms with Gasteiger partial charge in [-0.05, 0) is 0 Å². The molecule has 1 aliphatic rings. The van der Waals surface area contributed by atoms with Crippen LogP contribution in [0.2, 0.25) is 0 Å². The van der Waals surface area contributed by atoms with Crippen LogP contribution < -0.4 is 38.5 Å². The molecule has 0 radical (unpaired) electrons. The summed E-state index contributed by atoms with van der Waals surface area (Å²) in [5.74, 6) is -1.47. The van der Waals surface area contributed by atoms with Crippen LogP contribution in [0, 0.1) is 0 Å². The molecular weight excluding hydrogens is 664 g/mol. The van der Waals surface area contributed by atoms with Crippen LogP contribution in [0.25, 0.3) is 6.08 Å². The smallest absolute Gasteiger partial charge is 1.00 e. The van der Waals surface area contributed by atoms with Crippen molar-refractivity contribution in [2.75, 3.05) is 3.30 Å². The third-order valence-corrected chi connectivity index (χ3v) is 33.7. The van der Waals surface area contributed by atoms with Crippen LogP contribution in [-0.2, 0) is 26.3 Å². The molecule has 5 rings (SSSR count). The predicted octanol–water partition coefficient (Wildman–Crippen LogP) is 0.244. The average Bonchev–Trinajstić information content (AvgIpc) is 3.29. The van der Waals surface area contributed by atoms with Crippen molar-refractivity contribution in [1.82, 2.24) is 0 Å². The molecule has 5 heteroatoms. The molecule has 36 heavy (non-hydrogen) atoms. The molecule has 1 nitrogen and oxygen atoms in total. The molecule has 0 saturated heterocycles. The van der Waals surface area contributed by atoms with Crippen molar-refractivity contribution in [3.63, 3.8) is 0 Å². The maximum absolute atomic E-state index is 4.36. The zero-order valence-electron chi connectivity index (χ0n) is 21.0. The summed E-state index contributed by atoms with van der Waals surface area (Å²) in [7, 11) is 0. The molecule has 0 aromatic heterocycles. The summed E-state index contributed by atoms with van der Waals surface area (Å²) in [6.45, 7) is 6.98. The third-order valence-electron chi connectivity index (χ3n) is 6.73. The van der Waals surface area contributed by atoms with Gasteiger partial charge in [0.05, 0.1) is 0 Å². The molecule has 1 aliphatic carbocycles. The summed E-state index contributed by atoms with van der Waals surface area (Å²) in [5.41, 5.74) is 5.78. The number of rotatable bonds is 6. The number of anilines is 1. The minimum atomic E-state index is -2.63. The van der Waals surface area contributed by atoms with Crippen molar-refractivity contribution >= 4 is 28.1 Å². The molecule has 183 valence electrons. The number of para-hydroxylation sites is 1. The molecule has 4 aromatic rings. The zero-order chi connectivity index (χ0) is 23.5. The topological polar surface area (TPSA) is 12.0 Å². The standard InChI is InChI=1S/C12H11Si.C10H14N.C9H7.2ClH.Hf/c1-3-7-11(8-4-1)13-12-9-5-2-6-10-12;1-10(2,3)8-6-4-5-7-9(8)11;1-2-5-9-7-3-6-8(9)4-1;;;/h1-10,13H;4-7,11H,1-3H3;1-7H;2*1H;/q;-1;;;;+3/p-2. The van der Waals surface area contributed by atoms with Crippen LogP contribution in [0.1, 0.15) is 41.1 Å². The fourth-order valence-corrected chi connectivity index (χ4v) is 34.6. The molecule has 0 heterocycles. The van der Waals surface area contributed by atoms with Crippen LogP contribution >= 0.6 is 0 Å². The number of hydrogen-bond acceptors (Lipinski definition) is 1. The first-order valence-electron chi connectivity index (χ1n) is 12.1. The van der Waals surface area contributed by atoms with Crippen molar-refractivity contribution in [2.24, 2.45) is 0 Å². The number of fused-ring (bicyclic) bond motifs is 1. The Morgan fingerprint density at radius 2 is 1.19 bits per heavy atom. The summed E-state index contributed by atoms with van der Waals surface area (Å²) in [5, 5.41) is 3.13. The summed E-state index contributed by atoms with van der Waals surface area (Å²) >= 11 is -2.63. The van der Waals surface area contributed by atoms with Gasteiger partial charge in [-0.25, -0.2) is 0 Å². The van der Waals surface area contributed by atoms with Gasteiger partial charge in [0.1, 0.15) is 0 Å². The second-order valence-electron chi connectivity index (χ2n) is 10.1. The Hall–Kier alpha value is -1.91. The van der Waals surface area contributed by atoms with Gasteiger partial charge in [0, 0.05) is 0 Å². The minimum absolute atomic E-state index is 0. The maximum atomic E-state index is 4.36. The molecule has 0 saturated carbocycles. The van der Waals surface area contributed by atoms with Gasteiger partial charge < -0.3 is 24.8 Å². The number of allylic oxidation sites excluding steroid dienone is 1. The van der Waals surface area contributed by atoms with Crippen molar-refractivity contribution in [3.05, 3.63) is 132 Å². The van der Waals surface area contributed by atoms with E-state index >= 15 is 0 Å². The normalized spacial score (nSPS) is 13.9. The molecular formula is C31H32Cl2HfNSi. The van der Waals surface area contributed by atoms with Crippen LogP contribution in [0.3, 0.4) is 0 Å². The molecule has 1 atom stereocenters. The van der Waals surface area contributed by atoms with Gasteiger partial charge in [-0.3, -0.25) is 0 Å². The van der Waals surface area contributed by atoms with Gasteiger partial charge in [-0.2, -0.15) is 0 Å². The first kappa shape index (κ1) is 28.7. The fourth-order valence-electron chi connectivity index (χ4n) is 5.09. The van der Waals surface area contributed by atoms with E-state index in [1.54, 1.807) is 10.4 Å². The van der Waals surface area contributed by atoms with Gasteiger partial charge in [-0.1, -0.05) is 0 Å². The van der Waals surface area contributed by atoms with Gasteiger partial charge in [0.2, 0.25) is 0 Å². The van der Waals surface area contributed by atoms with Crippen LogP contribution in [0.15, 0.2) is 115 Å². The predicted molar refractivity (Wildman–Crippen MR) is 146 cm³/mol. The van der Waals surface area contributed by atoms with E-state index in [2.05, 4.69) is 145 Å². The molecule has 0 spiro atoms. The minimum Gasteiger partial charge on any atom is -1.00 e. The summed E-state index contributed by atoms with van der Waals surface area (Å²) in [4.78, 5) is 0. The Morgan fingerprint density at radius 3 is 1.81 bits per heavy atom. The second kappa shape index (κ2) is 12.6. The SMILES string of the molecule is CC(C)(C)c1ccccc1[NH][Hf+2]([CH]1C=Cc2ccccc21)[SiH](c1ccccc1)c1ccccc1.[Cl-].[Cl-]. The molecule has 0 fully saturated rings. The van der Waals surface area contributed by atoms with Crippen LogP contribution in [-0.4, -0.2) is 5.98 Å². The van der Waals surface area contributed by atoms with E-state index in [9.17, 15) is 0 Å². The van der Waals surface area contributed by atoms with Crippen LogP contribution in [0.4, 0.5) is 5.69 Å². The second-order valence-corrected chi connectivity index (χ2v) is 30.0. The van der Waals surface area contributed by atoms with Crippen molar-refractivity contribution < 1.29 is 45.7 Å². The molecule has 0 amide bonds. The quantitative estimate of drug-likeness (QED) is 0.286. The van der Waals surface area contributed by atoms with E-state index in [0.717, 1.165) is 0 Å². The molecule has 1 N–H and O–H groups in total. The van der Waals surface area contributed by atoms with Crippen molar-refractivity contribution in [2.45, 2.75) is 29.9 Å². The average molecular weight is 696 g/mol. The van der Waals surface area contributed by atoms with Crippen molar-refractivity contribution in [3.8, 4) is 0 Å². The Kier molecular flexibility index (Phi) is 9.99. The summed E-state index contributed by atoms with van der Waals surface area (Å²) < 4.78 is 4.89. The number of benzene rings is 4. The Balaban J connectivity index is 0.00000180. The van der Waals surface area contributed by atoms with E-state index in [1.165, 1.54) is 22.4 Å². The fraction of sp³-hybridized carbons (Fsp3) is 0.161. The van der Waals surface area contributed by atoms with E-state index in [-0.39, 0.29) is 30.2 Å². The molecule has 0 bridgehead atoms. The number of halogens is 2. The van der Waals surface area contributed by atoms with Gasteiger partial charge >= 0.3 is 214 Å². The molecule has 0 aliphatic heterocycles. The molecule has 1 unspecified atom stereocenters. The number of hydrogen-bond donors (Lipinski definition) is 1. The Bertz CT molecular complexity index is 1250. The van der Waals surface area contributed by atoms with Gasteiger partial charge in [-0.15, -0.1) is 0 Å². The van der Waals surface area contributed by atoms with E-state index in [4.69, 9.17) is 0 Å². The van der Waals surface area contributed by atoms with E-state index < -0.39 is 26.9 Å². The van der Waals surface area contributed by atoms with Gasteiger partial charge in [0.15, 0.2) is 0 Å². The largest absolute Gasteiger partial charge is 1.00 e. The number of nitrogens with one attached hydrogen (secondary N) is 1. The zero-order valence-corrected chi connectivity index (χ0v) is 27.2. The third kappa shape index (κ3) is 6.14. The monoisotopic (exact) mass is 696 g/mol. The van der Waals surface area contributed by atoms with E-state index in [0.29, 0.717) is 3.67 Å². The first-order chi connectivity index (χ1) is 16.5. The van der Waals surface area contributed by atoms with Crippen LogP contribution in [0.5, 0.6) is 0 Å². The summed E-state index contributed by atoms with van der Waals surface area (Å²) in [6.07, 6.45) is 4.88. The van der Waals surface area contributed by atoms with Crippen molar-refractivity contribution in [1.29, 1.82) is 0 Å².